The third-order valence-corrected chi connectivity index (χ3v) is 8.04. The second-order valence-corrected chi connectivity index (χ2v) is 11.2. The molecule has 12 nitrogen and oxygen atoms in total. The van der Waals surface area contributed by atoms with E-state index in [0.717, 1.165) is 48.9 Å². The number of aliphatic imine (C=N–C) groups is 1. The number of nitrogens with zero attached hydrogens (tertiary/aromatic N) is 4. The molecule has 4 N–H and O–H groups in total. The lowest BCUT2D eigenvalue weighted by Gasteiger charge is -2.23. The number of rotatable bonds is 12. The molecule has 3 heterocycles. The number of ether oxygens (including phenoxy) is 2. The van der Waals surface area contributed by atoms with Crippen LogP contribution in [0, 0.1) is 11.8 Å². The summed E-state index contributed by atoms with van der Waals surface area (Å²) in [5.74, 6) is 1.79. The highest BCUT2D eigenvalue weighted by molar-refractivity contribution is 7.17. The van der Waals surface area contributed by atoms with E-state index in [-0.39, 0.29) is 29.7 Å². The highest BCUT2D eigenvalue weighted by Gasteiger charge is 2.41. The Hall–Kier alpha value is -3.84. The van der Waals surface area contributed by atoms with E-state index >= 15 is 0 Å². The zero-order chi connectivity index (χ0) is 34.3. The first-order chi connectivity index (χ1) is 22.3. The second-order valence-electron chi connectivity index (χ2n) is 10.3. The molecular weight excluding hydrogens is 606 g/mol. The van der Waals surface area contributed by atoms with Gasteiger partial charge in [-0.05, 0) is 57.0 Å². The lowest BCUT2D eigenvalue weighted by atomic mass is 10.1. The van der Waals surface area contributed by atoms with Crippen LogP contribution < -0.4 is 21.1 Å². The van der Waals surface area contributed by atoms with Crippen LogP contribution in [0.15, 0.2) is 41.0 Å². The third kappa shape index (κ3) is 13.7. The number of esters is 1. The van der Waals surface area contributed by atoms with Crippen molar-refractivity contribution in [2.75, 3.05) is 41.9 Å². The lowest BCUT2D eigenvalue weighted by molar-refractivity contribution is -0.142. The van der Waals surface area contributed by atoms with Gasteiger partial charge >= 0.3 is 5.97 Å². The quantitative estimate of drug-likeness (QED) is 0.129. The minimum atomic E-state index is -0.223. The van der Waals surface area contributed by atoms with Crippen molar-refractivity contribution in [3.63, 3.8) is 0 Å². The van der Waals surface area contributed by atoms with E-state index in [0.29, 0.717) is 24.0 Å². The van der Waals surface area contributed by atoms with E-state index in [4.69, 9.17) is 4.74 Å². The number of likely N-dealkylation sites (tertiary alicyclic amines) is 1. The molecule has 0 bridgehead atoms. The van der Waals surface area contributed by atoms with Gasteiger partial charge < -0.3 is 30.7 Å². The zero-order valence-corrected chi connectivity index (χ0v) is 29.3. The largest absolute Gasteiger partial charge is 0.480 e. The van der Waals surface area contributed by atoms with Gasteiger partial charge in [0.05, 0.1) is 31.9 Å². The van der Waals surface area contributed by atoms with Crippen LogP contribution in [-0.2, 0) is 19.1 Å². The lowest BCUT2D eigenvalue weighted by Crippen LogP contribution is -2.44. The summed E-state index contributed by atoms with van der Waals surface area (Å²) >= 11 is 1.56. The number of hydrogen-bond donors (Lipinski definition) is 3. The number of aromatic nitrogens is 2. The van der Waals surface area contributed by atoms with Gasteiger partial charge in [0.2, 0.25) is 17.7 Å². The molecule has 0 spiro atoms. The fourth-order valence-electron chi connectivity index (χ4n) is 4.73. The summed E-state index contributed by atoms with van der Waals surface area (Å²) in [6.45, 7) is 4.86. The molecule has 1 saturated carbocycles. The van der Waals surface area contributed by atoms with E-state index in [2.05, 4.69) is 49.1 Å². The number of likely N-dealkylation sites (N-methyl/N-ethyl adjacent to an activating group) is 1. The summed E-state index contributed by atoms with van der Waals surface area (Å²) in [7, 11) is 7.98. The average Bonchev–Trinajstić information content (AvgIpc) is 3.43. The van der Waals surface area contributed by atoms with Crippen LogP contribution in [0.5, 0.6) is 5.88 Å². The van der Waals surface area contributed by atoms with E-state index in [1.165, 1.54) is 27.0 Å². The SMILES string of the molecule is C/C=C\C1CC1C(=O)OC.CCCCCCC(=O)N1CCCC1C(=O)NC.CN.CN/C=C\N=Cc1nc(OC)c2sccc2n1. The van der Waals surface area contributed by atoms with Gasteiger partial charge in [-0.2, -0.15) is 4.98 Å². The first kappa shape index (κ1) is 40.2. The zero-order valence-electron chi connectivity index (χ0n) is 28.5. The summed E-state index contributed by atoms with van der Waals surface area (Å²) in [5, 5.41) is 7.44. The molecule has 1 saturated heterocycles. The molecule has 4 rings (SSSR count). The highest BCUT2D eigenvalue weighted by atomic mass is 32.1. The van der Waals surface area contributed by atoms with Crippen molar-refractivity contribution in [2.24, 2.45) is 22.6 Å². The number of nitrogens with two attached hydrogens (primary N) is 1. The number of carbonyl (C=O) groups is 3. The first-order valence-corrected chi connectivity index (χ1v) is 16.7. The van der Waals surface area contributed by atoms with Gasteiger partial charge in [0.25, 0.3) is 0 Å². The monoisotopic (exact) mass is 659 g/mol. The second kappa shape index (κ2) is 23.5. The maximum absolute atomic E-state index is 12.0. The minimum absolute atomic E-state index is 0.0237. The molecule has 2 amide bonds. The normalized spacial score (nSPS) is 18.3. The Morgan fingerprint density at radius 1 is 1.17 bits per heavy atom. The molecule has 2 aromatic rings. The van der Waals surface area contributed by atoms with E-state index in [9.17, 15) is 14.4 Å². The molecule has 256 valence electrons. The van der Waals surface area contributed by atoms with E-state index < -0.39 is 0 Å². The van der Waals surface area contributed by atoms with Gasteiger partial charge in [-0.25, -0.2) is 4.98 Å². The number of amides is 2. The van der Waals surface area contributed by atoms with E-state index in [1.54, 1.807) is 49.0 Å². The van der Waals surface area contributed by atoms with Crippen molar-refractivity contribution in [3.05, 3.63) is 41.8 Å². The number of fused-ring (bicyclic) bond motifs is 1. The molecule has 2 aliphatic rings. The van der Waals surface area contributed by atoms with Crippen molar-refractivity contribution < 1.29 is 23.9 Å². The number of carbonyl (C=O) groups excluding carboxylic acids is 3. The molecule has 0 aromatic carbocycles. The van der Waals surface area contributed by atoms with Crippen molar-refractivity contribution in [1.82, 2.24) is 25.5 Å². The average molecular weight is 660 g/mol. The molecule has 46 heavy (non-hydrogen) atoms. The van der Waals surface area contributed by atoms with Gasteiger partial charge in [0.1, 0.15) is 10.7 Å². The fraction of sp³-hybridized carbons (Fsp3) is 0.576. The van der Waals surface area contributed by atoms with Crippen LogP contribution in [0.25, 0.3) is 10.2 Å². The number of hydrogen-bond acceptors (Lipinski definition) is 11. The van der Waals surface area contributed by atoms with Crippen LogP contribution in [0.1, 0.15) is 71.0 Å². The van der Waals surface area contributed by atoms with Crippen LogP contribution >= 0.6 is 11.3 Å². The van der Waals surface area contributed by atoms with Crippen molar-refractivity contribution >= 4 is 45.6 Å². The Morgan fingerprint density at radius 3 is 2.57 bits per heavy atom. The van der Waals surface area contributed by atoms with Crippen molar-refractivity contribution in [1.29, 1.82) is 0 Å². The van der Waals surface area contributed by atoms with Crippen LogP contribution in [0.4, 0.5) is 0 Å². The predicted octanol–water partition coefficient (Wildman–Crippen LogP) is 4.45. The number of thiophene rings is 1. The standard InChI is InChI=1S/C13H24N2O2.C11H12N4OS.C8H12O2.CH5N/c1-3-4-5-6-9-12(16)15-10-7-8-11(15)13(17)14-2;1-12-4-5-13-7-9-14-8-3-6-17-10(8)11(15-9)16-2;1-3-4-6-5-7(6)8(9)10-2;1-2/h11H,3-10H2,1-2H3,(H,14,17);3-7,12H,1-2H3;3-4,6-7H,5H2,1-2H3;2H2,1H3/b;5-4-,13-7?;4-3-;. The number of methoxy groups -OCH3 is 2. The van der Waals surface area contributed by atoms with Crippen molar-refractivity contribution in [3.8, 4) is 5.88 Å². The smallest absolute Gasteiger partial charge is 0.309 e. The Balaban J connectivity index is 0.000000347. The Bertz CT molecular complexity index is 1280. The van der Waals surface area contributed by atoms with Crippen LogP contribution in [-0.4, -0.2) is 86.8 Å². The van der Waals surface area contributed by atoms with Gasteiger partial charge in [-0.1, -0.05) is 38.3 Å². The molecule has 1 aliphatic carbocycles. The van der Waals surface area contributed by atoms with Crippen LogP contribution in [0.2, 0.25) is 0 Å². The summed E-state index contributed by atoms with van der Waals surface area (Å²) in [6, 6.07) is 1.71. The highest BCUT2D eigenvalue weighted by Crippen LogP contribution is 2.40. The van der Waals surface area contributed by atoms with Crippen molar-refractivity contribution in [2.45, 2.75) is 71.3 Å². The number of unbranched alkanes of at least 4 members (excludes halogenated alkanes) is 3. The molecule has 13 heteroatoms. The molecule has 1 aliphatic heterocycles. The fourth-order valence-corrected chi connectivity index (χ4v) is 5.52. The van der Waals surface area contributed by atoms with Gasteiger partial charge in [0.15, 0.2) is 5.82 Å². The summed E-state index contributed by atoms with van der Waals surface area (Å²) < 4.78 is 10.8. The third-order valence-electron chi connectivity index (χ3n) is 7.15. The predicted molar refractivity (Wildman–Crippen MR) is 186 cm³/mol. The maximum Gasteiger partial charge on any atom is 0.309 e. The minimum Gasteiger partial charge on any atom is -0.480 e. The Kier molecular flexibility index (Phi) is 20.5. The molecule has 2 fully saturated rings. The summed E-state index contributed by atoms with van der Waals surface area (Å²) in [4.78, 5) is 48.8. The van der Waals surface area contributed by atoms with Gasteiger partial charge in [0, 0.05) is 39.5 Å². The molecule has 0 radical (unpaired) electrons. The molecule has 2 aromatic heterocycles. The first-order valence-electron chi connectivity index (χ1n) is 15.8. The van der Waals surface area contributed by atoms with Crippen LogP contribution in [0.3, 0.4) is 0 Å². The summed E-state index contributed by atoms with van der Waals surface area (Å²) in [6.07, 6.45) is 16.7. The number of nitrogens with one attached hydrogen (secondary N) is 2. The Labute approximate surface area is 277 Å². The summed E-state index contributed by atoms with van der Waals surface area (Å²) in [5.41, 5.74) is 5.38. The molecular formula is C33H53N7O5S. The van der Waals surface area contributed by atoms with E-state index in [1.807, 2.05) is 31.5 Å². The molecule has 3 atom stereocenters. The Morgan fingerprint density at radius 2 is 1.93 bits per heavy atom. The van der Waals surface area contributed by atoms with Gasteiger partial charge in [-0.15, -0.1) is 11.3 Å². The number of allylic oxidation sites excluding steroid dienone is 2. The molecule has 3 unspecified atom stereocenters. The topological polar surface area (TPSA) is 161 Å². The van der Waals surface area contributed by atoms with Gasteiger partial charge in [-0.3, -0.25) is 19.4 Å². The maximum atomic E-state index is 12.0.